The Morgan fingerprint density at radius 2 is 2.36 bits per heavy atom. The lowest BCUT2D eigenvalue weighted by atomic mass is 9.92. The first-order chi connectivity index (χ1) is 6.86. The van der Waals surface area contributed by atoms with Crippen LogP contribution in [0.15, 0.2) is 5.38 Å². The van der Waals surface area contributed by atoms with Crippen molar-refractivity contribution in [2.24, 2.45) is 11.7 Å². The molecular weight excluding hydrogens is 198 g/mol. The Hall–Kier alpha value is -0.520. The van der Waals surface area contributed by atoms with Gasteiger partial charge < -0.3 is 10.5 Å². The Labute approximate surface area is 87.6 Å². The Kier molecular flexibility index (Phi) is 3.44. The van der Waals surface area contributed by atoms with E-state index in [1.165, 1.54) is 11.5 Å². The highest BCUT2D eigenvalue weighted by atomic mass is 32.1. The first-order valence-electron chi connectivity index (χ1n) is 4.96. The minimum Gasteiger partial charge on any atom is -0.381 e. The average molecular weight is 213 g/mol. The summed E-state index contributed by atoms with van der Waals surface area (Å²) in [5.41, 5.74) is 6.97. The maximum absolute atomic E-state index is 6.03. The second-order valence-electron chi connectivity index (χ2n) is 3.73. The molecule has 1 aliphatic heterocycles. The molecule has 1 saturated heterocycles. The molecule has 2 rings (SSSR count). The topological polar surface area (TPSA) is 61.0 Å². The van der Waals surface area contributed by atoms with Gasteiger partial charge in [-0.3, -0.25) is 0 Å². The zero-order valence-electron chi connectivity index (χ0n) is 8.06. The van der Waals surface area contributed by atoms with Gasteiger partial charge in [0.2, 0.25) is 0 Å². The van der Waals surface area contributed by atoms with Gasteiger partial charge in [-0.2, -0.15) is 0 Å². The lowest BCUT2D eigenvalue weighted by Gasteiger charge is -2.23. The SMILES string of the molecule is NC(CC1CCOCC1)c1csnn1. The van der Waals surface area contributed by atoms with Gasteiger partial charge in [0.25, 0.3) is 0 Å². The fourth-order valence-electron chi connectivity index (χ4n) is 1.80. The van der Waals surface area contributed by atoms with Crippen LogP contribution in [0, 0.1) is 5.92 Å². The van der Waals surface area contributed by atoms with Crippen LogP contribution < -0.4 is 5.73 Å². The number of ether oxygens (including phenoxy) is 1. The first-order valence-corrected chi connectivity index (χ1v) is 5.80. The summed E-state index contributed by atoms with van der Waals surface area (Å²) in [5, 5.41) is 5.93. The molecule has 2 N–H and O–H groups in total. The van der Waals surface area contributed by atoms with Gasteiger partial charge in [-0.15, -0.1) is 5.10 Å². The van der Waals surface area contributed by atoms with Gasteiger partial charge in [-0.25, -0.2) is 0 Å². The predicted molar refractivity (Wildman–Crippen MR) is 55.0 cm³/mol. The third-order valence-corrected chi connectivity index (χ3v) is 3.21. The van der Waals surface area contributed by atoms with Gasteiger partial charge in [-0.1, -0.05) is 4.49 Å². The zero-order chi connectivity index (χ0) is 9.80. The average Bonchev–Trinajstić information content (AvgIpc) is 2.72. The third kappa shape index (κ3) is 2.50. The molecule has 0 saturated carbocycles. The largest absolute Gasteiger partial charge is 0.381 e. The summed E-state index contributed by atoms with van der Waals surface area (Å²) in [6.07, 6.45) is 3.27. The second-order valence-corrected chi connectivity index (χ2v) is 4.34. The summed E-state index contributed by atoms with van der Waals surface area (Å²) in [5.74, 6) is 0.695. The summed E-state index contributed by atoms with van der Waals surface area (Å²) in [6.45, 7) is 1.76. The summed E-state index contributed by atoms with van der Waals surface area (Å²) in [6, 6.07) is 0.0526. The maximum Gasteiger partial charge on any atom is 0.0922 e. The van der Waals surface area contributed by atoms with Crippen molar-refractivity contribution in [2.45, 2.75) is 25.3 Å². The molecule has 1 fully saturated rings. The Morgan fingerprint density at radius 3 is 3.00 bits per heavy atom. The molecule has 0 aromatic carbocycles. The minimum absolute atomic E-state index is 0.0526. The highest BCUT2D eigenvalue weighted by Crippen LogP contribution is 2.25. The van der Waals surface area contributed by atoms with Crippen LogP contribution in [0.3, 0.4) is 0 Å². The number of hydrogen-bond acceptors (Lipinski definition) is 5. The smallest absolute Gasteiger partial charge is 0.0922 e. The molecule has 0 aliphatic carbocycles. The van der Waals surface area contributed by atoms with E-state index < -0.39 is 0 Å². The van der Waals surface area contributed by atoms with Crippen molar-refractivity contribution in [3.05, 3.63) is 11.1 Å². The standard InChI is InChI=1S/C9H15N3OS/c10-8(9-6-14-12-11-9)5-7-1-3-13-4-2-7/h6-8H,1-5,10H2. The van der Waals surface area contributed by atoms with Crippen molar-refractivity contribution in [1.29, 1.82) is 0 Å². The molecule has 4 nitrogen and oxygen atoms in total. The molecule has 1 aliphatic rings. The van der Waals surface area contributed by atoms with Crippen molar-refractivity contribution in [1.82, 2.24) is 9.59 Å². The third-order valence-electron chi connectivity index (χ3n) is 2.68. The fourth-order valence-corrected chi connectivity index (χ4v) is 2.31. The van der Waals surface area contributed by atoms with Crippen molar-refractivity contribution in [3.8, 4) is 0 Å². The number of nitrogens with zero attached hydrogens (tertiary/aromatic N) is 2. The van der Waals surface area contributed by atoms with E-state index in [0.717, 1.165) is 38.2 Å². The number of rotatable bonds is 3. The first kappa shape index (κ1) is 10.0. The molecule has 0 spiro atoms. The number of nitrogens with two attached hydrogens (primary N) is 1. The van der Waals surface area contributed by atoms with Gasteiger partial charge in [0, 0.05) is 18.6 Å². The van der Waals surface area contributed by atoms with Crippen LogP contribution in [0.2, 0.25) is 0 Å². The molecule has 0 amide bonds. The van der Waals surface area contributed by atoms with Crippen LogP contribution in [-0.4, -0.2) is 22.8 Å². The molecule has 0 bridgehead atoms. The van der Waals surface area contributed by atoms with Crippen LogP contribution in [0.5, 0.6) is 0 Å². The molecule has 0 radical (unpaired) electrons. The van der Waals surface area contributed by atoms with Gasteiger partial charge in [-0.05, 0) is 36.7 Å². The lowest BCUT2D eigenvalue weighted by molar-refractivity contribution is 0.0617. The summed E-state index contributed by atoms with van der Waals surface area (Å²) >= 11 is 1.36. The van der Waals surface area contributed by atoms with E-state index in [0.29, 0.717) is 5.92 Å². The van der Waals surface area contributed by atoms with Crippen molar-refractivity contribution in [2.75, 3.05) is 13.2 Å². The Bertz CT molecular complexity index is 259. The lowest BCUT2D eigenvalue weighted by Crippen LogP contribution is -2.21. The maximum atomic E-state index is 6.03. The zero-order valence-corrected chi connectivity index (χ0v) is 8.87. The number of hydrogen-bond donors (Lipinski definition) is 1. The predicted octanol–water partition coefficient (Wildman–Crippen LogP) is 1.35. The highest BCUT2D eigenvalue weighted by molar-refractivity contribution is 7.03. The normalized spacial score (nSPS) is 20.9. The fraction of sp³-hybridized carbons (Fsp3) is 0.778. The van der Waals surface area contributed by atoms with E-state index in [1.807, 2.05) is 5.38 Å². The summed E-state index contributed by atoms with van der Waals surface area (Å²) in [4.78, 5) is 0. The summed E-state index contributed by atoms with van der Waals surface area (Å²) < 4.78 is 9.13. The number of aromatic nitrogens is 2. The van der Waals surface area contributed by atoms with Gasteiger partial charge >= 0.3 is 0 Å². The molecule has 78 valence electrons. The van der Waals surface area contributed by atoms with Crippen molar-refractivity contribution in [3.63, 3.8) is 0 Å². The molecular formula is C9H15N3OS. The second kappa shape index (κ2) is 4.82. The van der Waals surface area contributed by atoms with Crippen LogP contribution in [-0.2, 0) is 4.74 Å². The van der Waals surface area contributed by atoms with Crippen LogP contribution in [0.1, 0.15) is 31.0 Å². The Balaban J connectivity index is 1.84. The molecule has 5 heteroatoms. The van der Waals surface area contributed by atoms with Gasteiger partial charge in [0.05, 0.1) is 11.7 Å². The molecule has 1 aromatic rings. The molecule has 1 aromatic heterocycles. The minimum atomic E-state index is 0.0526. The van der Waals surface area contributed by atoms with Crippen LogP contribution >= 0.6 is 11.5 Å². The quantitative estimate of drug-likeness (QED) is 0.823. The van der Waals surface area contributed by atoms with Crippen molar-refractivity contribution < 1.29 is 4.74 Å². The van der Waals surface area contributed by atoms with E-state index in [2.05, 4.69) is 9.59 Å². The van der Waals surface area contributed by atoms with E-state index in [1.54, 1.807) is 0 Å². The molecule has 2 heterocycles. The van der Waals surface area contributed by atoms with E-state index in [4.69, 9.17) is 10.5 Å². The molecule has 14 heavy (non-hydrogen) atoms. The summed E-state index contributed by atoms with van der Waals surface area (Å²) in [7, 11) is 0. The van der Waals surface area contributed by atoms with Gasteiger partial charge in [0.1, 0.15) is 0 Å². The monoisotopic (exact) mass is 213 g/mol. The van der Waals surface area contributed by atoms with E-state index in [9.17, 15) is 0 Å². The van der Waals surface area contributed by atoms with Crippen molar-refractivity contribution >= 4 is 11.5 Å². The van der Waals surface area contributed by atoms with Crippen LogP contribution in [0.25, 0.3) is 0 Å². The van der Waals surface area contributed by atoms with Crippen LogP contribution in [0.4, 0.5) is 0 Å². The van der Waals surface area contributed by atoms with E-state index in [-0.39, 0.29) is 6.04 Å². The highest BCUT2D eigenvalue weighted by Gasteiger charge is 2.19. The molecule has 1 unspecified atom stereocenters. The Morgan fingerprint density at radius 1 is 1.57 bits per heavy atom. The molecule has 1 atom stereocenters. The van der Waals surface area contributed by atoms with Gasteiger partial charge in [0.15, 0.2) is 0 Å². The van der Waals surface area contributed by atoms with E-state index >= 15 is 0 Å².